The van der Waals surface area contributed by atoms with Crippen molar-refractivity contribution in [3.8, 4) is 0 Å². The van der Waals surface area contributed by atoms with Crippen molar-refractivity contribution in [1.29, 1.82) is 0 Å². The number of carbonyl (C=O) groups is 3. The van der Waals surface area contributed by atoms with Gasteiger partial charge in [0.15, 0.2) is 10.9 Å². The quantitative estimate of drug-likeness (QED) is 0.503. The van der Waals surface area contributed by atoms with Gasteiger partial charge in [-0.3, -0.25) is 9.59 Å². The van der Waals surface area contributed by atoms with E-state index in [4.69, 9.17) is 9.25 Å². The molecule has 0 aliphatic carbocycles. The Labute approximate surface area is 150 Å². The van der Waals surface area contributed by atoms with Crippen LogP contribution in [0.2, 0.25) is 0 Å². The summed E-state index contributed by atoms with van der Waals surface area (Å²) in [6.45, 7) is 0. The van der Waals surface area contributed by atoms with Crippen LogP contribution in [0.15, 0.2) is 63.8 Å². The van der Waals surface area contributed by atoms with Gasteiger partial charge in [-0.25, -0.2) is 14.8 Å². The maximum Gasteiger partial charge on any atom is 0.385 e. The predicted molar refractivity (Wildman–Crippen MR) is 85.0 cm³/mol. The van der Waals surface area contributed by atoms with E-state index in [0.717, 1.165) is 18.0 Å². The largest absolute Gasteiger partial charge is 0.439 e. The van der Waals surface area contributed by atoms with Crippen LogP contribution in [0, 0.1) is 0 Å². The minimum absolute atomic E-state index is 0.116. The molecule has 2 aromatic heterocycles. The molecule has 9 nitrogen and oxygen atoms in total. The Balaban J connectivity index is 1.48. The molecule has 1 aromatic carbocycles. The lowest BCUT2D eigenvalue weighted by molar-refractivity contribution is -0.0588. The van der Waals surface area contributed by atoms with Crippen molar-refractivity contribution in [3.63, 3.8) is 0 Å². The van der Waals surface area contributed by atoms with Gasteiger partial charge in [-0.2, -0.15) is 4.98 Å². The van der Waals surface area contributed by atoms with Gasteiger partial charge in [0.25, 0.3) is 17.0 Å². The zero-order valence-corrected chi connectivity index (χ0v) is 13.7. The predicted octanol–water partition coefficient (Wildman–Crippen LogP) is 1.98. The van der Waals surface area contributed by atoms with Crippen molar-refractivity contribution in [2.75, 3.05) is 0 Å². The normalized spacial score (nSPS) is 13.0. The number of hydrogen-bond donors (Lipinski definition) is 0. The van der Waals surface area contributed by atoms with Crippen LogP contribution in [0.3, 0.4) is 0 Å². The second-order valence-corrected chi connectivity index (χ2v) is 5.88. The van der Waals surface area contributed by atoms with E-state index < -0.39 is 17.8 Å². The van der Waals surface area contributed by atoms with Crippen LogP contribution in [0.25, 0.3) is 0 Å². The Bertz CT molecular complexity index is 985. The fourth-order valence-electron chi connectivity index (χ4n) is 2.19. The zero-order valence-electron chi connectivity index (χ0n) is 12.9. The smallest absolute Gasteiger partial charge is 0.385 e. The van der Waals surface area contributed by atoms with Crippen LogP contribution in [0.4, 0.5) is 0 Å². The highest BCUT2D eigenvalue weighted by Crippen LogP contribution is 2.25. The maximum absolute atomic E-state index is 12.2. The molecule has 0 N–H and O–H groups in total. The molecule has 0 atom stereocenters. The summed E-state index contributed by atoms with van der Waals surface area (Å²) in [6.07, 6.45) is 4.16. The zero-order chi connectivity index (χ0) is 18.1. The topological polar surface area (TPSA) is 115 Å². The van der Waals surface area contributed by atoms with Crippen molar-refractivity contribution in [2.45, 2.75) is 10.4 Å². The number of aromatic nitrogens is 3. The van der Waals surface area contributed by atoms with Gasteiger partial charge in [-0.05, 0) is 18.2 Å². The van der Waals surface area contributed by atoms with E-state index in [0.29, 0.717) is 10.2 Å². The molecule has 2 amide bonds. The summed E-state index contributed by atoms with van der Waals surface area (Å²) in [5.74, 6) is -2.42. The molecule has 3 aromatic rings. The number of hydroxylamine groups is 2. The average molecular weight is 368 g/mol. The Hall–Kier alpha value is -3.53. The number of imide groups is 1. The molecule has 1 aliphatic heterocycles. The molecule has 10 heteroatoms. The summed E-state index contributed by atoms with van der Waals surface area (Å²) in [7, 11) is 0. The van der Waals surface area contributed by atoms with Crippen molar-refractivity contribution < 1.29 is 23.6 Å². The lowest BCUT2D eigenvalue weighted by Crippen LogP contribution is -2.32. The van der Waals surface area contributed by atoms with Gasteiger partial charge in [0.2, 0.25) is 0 Å². The highest BCUT2D eigenvalue weighted by molar-refractivity contribution is 7.98. The summed E-state index contributed by atoms with van der Waals surface area (Å²) in [4.78, 5) is 53.4. The highest BCUT2D eigenvalue weighted by Gasteiger charge is 2.39. The molecule has 26 heavy (non-hydrogen) atoms. The Morgan fingerprint density at radius 3 is 2.35 bits per heavy atom. The number of oxazole rings is 1. The molecule has 0 fully saturated rings. The number of carbonyl (C=O) groups excluding carboxylic acids is 3. The first-order valence-electron chi connectivity index (χ1n) is 7.24. The van der Waals surface area contributed by atoms with Crippen LogP contribution in [-0.2, 0) is 4.84 Å². The molecule has 0 saturated carbocycles. The summed E-state index contributed by atoms with van der Waals surface area (Å²) in [5.41, 5.74) is 0.144. The van der Waals surface area contributed by atoms with Gasteiger partial charge >= 0.3 is 5.97 Å². The number of amides is 2. The molecule has 4 rings (SSSR count). The van der Waals surface area contributed by atoms with E-state index in [9.17, 15) is 14.4 Å². The second kappa shape index (κ2) is 6.41. The number of fused-ring (bicyclic) bond motifs is 1. The van der Waals surface area contributed by atoms with Gasteiger partial charge in [-0.1, -0.05) is 17.2 Å². The Morgan fingerprint density at radius 1 is 1.04 bits per heavy atom. The Kier molecular flexibility index (Phi) is 3.93. The standard InChI is InChI=1S/C16H8N4O5S/c21-12-9-4-1-2-5-10(9)13(22)20(12)25-14(23)11-8-24-16(19-11)26-15-17-6-3-7-18-15/h1-8H. The first kappa shape index (κ1) is 16.0. The van der Waals surface area contributed by atoms with Crippen molar-refractivity contribution in [2.24, 2.45) is 0 Å². The van der Waals surface area contributed by atoms with Crippen molar-refractivity contribution >= 4 is 29.5 Å². The van der Waals surface area contributed by atoms with E-state index in [1.165, 1.54) is 12.1 Å². The molecule has 0 spiro atoms. The third kappa shape index (κ3) is 2.82. The number of rotatable bonds is 4. The molecule has 0 saturated heterocycles. The van der Waals surface area contributed by atoms with Gasteiger partial charge in [0.05, 0.1) is 11.1 Å². The minimum Gasteiger partial charge on any atom is -0.439 e. The lowest BCUT2D eigenvalue weighted by atomic mass is 10.1. The molecule has 0 bridgehead atoms. The van der Waals surface area contributed by atoms with E-state index in [-0.39, 0.29) is 22.0 Å². The fraction of sp³-hybridized carbons (Fsp3) is 0. The number of benzene rings is 1. The fourth-order valence-corrected chi connectivity index (χ4v) is 2.82. The third-order valence-corrected chi connectivity index (χ3v) is 4.10. The van der Waals surface area contributed by atoms with Crippen LogP contribution in [-0.4, -0.2) is 37.8 Å². The molecule has 3 heterocycles. The molecule has 1 aliphatic rings. The van der Waals surface area contributed by atoms with E-state index in [1.54, 1.807) is 30.6 Å². The van der Waals surface area contributed by atoms with Crippen LogP contribution in [0.1, 0.15) is 31.2 Å². The third-order valence-electron chi connectivity index (χ3n) is 3.34. The van der Waals surface area contributed by atoms with Gasteiger partial charge in [0, 0.05) is 24.2 Å². The van der Waals surface area contributed by atoms with Crippen LogP contribution >= 0.6 is 11.8 Å². The van der Waals surface area contributed by atoms with Crippen molar-refractivity contribution in [3.05, 3.63) is 65.8 Å². The molecular formula is C16H8N4O5S. The van der Waals surface area contributed by atoms with E-state index in [2.05, 4.69) is 15.0 Å². The van der Waals surface area contributed by atoms with E-state index in [1.807, 2.05) is 0 Å². The number of hydrogen-bond acceptors (Lipinski definition) is 9. The lowest BCUT2D eigenvalue weighted by Gasteiger charge is -2.11. The summed E-state index contributed by atoms with van der Waals surface area (Å²) in [6, 6.07) is 7.84. The monoisotopic (exact) mass is 368 g/mol. The molecule has 0 radical (unpaired) electrons. The van der Waals surface area contributed by atoms with Crippen LogP contribution in [0.5, 0.6) is 0 Å². The second-order valence-electron chi connectivity index (χ2n) is 4.96. The summed E-state index contributed by atoms with van der Waals surface area (Å²) in [5, 5.41) is 0.912. The van der Waals surface area contributed by atoms with Gasteiger partial charge in [-0.15, -0.1) is 0 Å². The maximum atomic E-state index is 12.2. The number of nitrogens with zero attached hydrogens (tertiary/aromatic N) is 4. The molecular weight excluding hydrogens is 360 g/mol. The highest BCUT2D eigenvalue weighted by atomic mass is 32.2. The summed E-state index contributed by atoms with van der Waals surface area (Å²) >= 11 is 1.00. The van der Waals surface area contributed by atoms with E-state index >= 15 is 0 Å². The van der Waals surface area contributed by atoms with Crippen LogP contribution < -0.4 is 0 Å². The minimum atomic E-state index is -0.996. The molecule has 0 unspecified atom stereocenters. The average Bonchev–Trinajstić information content (AvgIpc) is 3.22. The van der Waals surface area contributed by atoms with Gasteiger partial charge < -0.3 is 9.25 Å². The van der Waals surface area contributed by atoms with Crippen molar-refractivity contribution in [1.82, 2.24) is 20.0 Å². The Morgan fingerprint density at radius 2 is 1.69 bits per heavy atom. The molecule has 128 valence electrons. The van der Waals surface area contributed by atoms with Gasteiger partial charge in [0.1, 0.15) is 6.26 Å². The first-order chi connectivity index (χ1) is 12.6. The SMILES string of the molecule is O=C(ON1C(=O)c2ccccc2C1=O)c1coc(Sc2ncccn2)n1. The first-order valence-corrected chi connectivity index (χ1v) is 8.05. The summed E-state index contributed by atoms with van der Waals surface area (Å²) < 4.78 is 5.15.